The fourth-order valence-electron chi connectivity index (χ4n) is 1.71. The lowest BCUT2D eigenvalue weighted by Crippen LogP contribution is -2.04. The first-order valence-corrected chi connectivity index (χ1v) is 6.57. The molecule has 20 heavy (non-hydrogen) atoms. The highest BCUT2D eigenvalue weighted by Crippen LogP contribution is 2.32. The fraction of sp³-hybridized carbons (Fsp3) is 0.214. The van der Waals surface area contributed by atoms with Crippen molar-refractivity contribution in [2.45, 2.75) is 0 Å². The van der Waals surface area contributed by atoms with Crippen LogP contribution in [0.15, 0.2) is 23.6 Å². The third-order valence-corrected chi connectivity index (χ3v) is 3.66. The number of ketones is 1. The van der Waals surface area contributed by atoms with Crippen LogP contribution in [0.2, 0.25) is 0 Å². The van der Waals surface area contributed by atoms with Gasteiger partial charge in [-0.25, -0.2) is 4.39 Å². The normalized spacial score (nSPS) is 10.2. The molecule has 0 bridgehead atoms. The molecule has 0 saturated carbocycles. The summed E-state index contributed by atoms with van der Waals surface area (Å²) in [7, 11) is 4.34. The predicted octanol–water partition coefficient (Wildman–Crippen LogP) is 3.14. The Morgan fingerprint density at radius 2 is 1.70 bits per heavy atom. The van der Waals surface area contributed by atoms with Gasteiger partial charge in [-0.05, 0) is 6.07 Å². The van der Waals surface area contributed by atoms with Crippen molar-refractivity contribution in [3.05, 3.63) is 39.8 Å². The highest BCUT2D eigenvalue weighted by Gasteiger charge is 2.20. The summed E-state index contributed by atoms with van der Waals surface area (Å²) in [6.45, 7) is 0. The minimum Gasteiger partial charge on any atom is -0.496 e. The van der Waals surface area contributed by atoms with Crippen LogP contribution in [-0.2, 0) is 0 Å². The molecule has 0 aliphatic carbocycles. The molecule has 1 heterocycles. The van der Waals surface area contributed by atoms with Gasteiger partial charge in [0.05, 0.1) is 31.8 Å². The largest absolute Gasteiger partial charge is 0.496 e. The van der Waals surface area contributed by atoms with Crippen LogP contribution in [0.5, 0.6) is 17.2 Å². The molecule has 0 unspecified atom stereocenters. The summed E-state index contributed by atoms with van der Waals surface area (Å²) in [6.07, 6.45) is 0. The third-order valence-electron chi connectivity index (χ3n) is 2.75. The van der Waals surface area contributed by atoms with E-state index in [4.69, 9.17) is 14.2 Å². The minimum absolute atomic E-state index is 0.0628. The number of rotatable bonds is 5. The van der Waals surface area contributed by atoms with E-state index in [1.807, 2.05) is 0 Å². The van der Waals surface area contributed by atoms with Crippen LogP contribution in [0.1, 0.15) is 15.2 Å². The van der Waals surface area contributed by atoms with Crippen molar-refractivity contribution in [1.82, 2.24) is 0 Å². The molecule has 106 valence electrons. The Morgan fingerprint density at radius 1 is 1.05 bits per heavy atom. The quantitative estimate of drug-likeness (QED) is 0.795. The monoisotopic (exact) mass is 296 g/mol. The predicted molar refractivity (Wildman–Crippen MR) is 73.8 cm³/mol. The number of carbonyl (C=O) groups is 1. The number of carbonyl (C=O) groups excluding carboxylic acids is 1. The molecule has 0 saturated heterocycles. The van der Waals surface area contributed by atoms with Crippen molar-refractivity contribution in [3.63, 3.8) is 0 Å². The smallest absolute Gasteiger partial charge is 0.206 e. The van der Waals surface area contributed by atoms with E-state index in [1.54, 1.807) is 11.4 Å². The number of thiophene rings is 1. The first kappa shape index (κ1) is 14.3. The molecule has 1 aromatic carbocycles. The minimum atomic E-state index is -0.653. The third kappa shape index (κ3) is 2.60. The van der Waals surface area contributed by atoms with E-state index < -0.39 is 11.6 Å². The van der Waals surface area contributed by atoms with E-state index >= 15 is 0 Å². The molecule has 0 amide bonds. The molecule has 0 spiro atoms. The zero-order valence-electron chi connectivity index (χ0n) is 11.2. The number of halogens is 1. The second kappa shape index (κ2) is 5.92. The average molecular weight is 296 g/mol. The Hall–Kier alpha value is -2.08. The van der Waals surface area contributed by atoms with Gasteiger partial charge in [-0.1, -0.05) is 0 Å². The molecule has 2 aromatic rings. The molecule has 6 heteroatoms. The lowest BCUT2D eigenvalue weighted by atomic mass is 10.1. The van der Waals surface area contributed by atoms with Crippen LogP contribution in [-0.4, -0.2) is 27.1 Å². The van der Waals surface area contributed by atoms with Gasteiger partial charge < -0.3 is 14.2 Å². The van der Waals surface area contributed by atoms with Crippen molar-refractivity contribution in [1.29, 1.82) is 0 Å². The van der Waals surface area contributed by atoms with E-state index in [0.29, 0.717) is 16.4 Å². The van der Waals surface area contributed by atoms with Crippen molar-refractivity contribution >= 4 is 17.1 Å². The zero-order chi connectivity index (χ0) is 14.7. The van der Waals surface area contributed by atoms with Crippen molar-refractivity contribution in [2.24, 2.45) is 0 Å². The van der Waals surface area contributed by atoms with Crippen molar-refractivity contribution < 1.29 is 23.4 Å². The van der Waals surface area contributed by atoms with Gasteiger partial charge in [-0.15, -0.1) is 11.3 Å². The fourth-order valence-corrected chi connectivity index (χ4v) is 2.51. The van der Waals surface area contributed by atoms with Crippen LogP contribution in [0.25, 0.3) is 0 Å². The topological polar surface area (TPSA) is 44.8 Å². The zero-order valence-corrected chi connectivity index (χ0v) is 12.0. The van der Waals surface area contributed by atoms with E-state index in [-0.39, 0.29) is 11.3 Å². The Balaban J connectivity index is 2.43. The van der Waals surface area contributed by atoms with E-state index in [2.05, 4.69) is 0 Å². The number of benzene rings is 1. The Morgan fingerprint density at radius 3 is 2.25 bits per heavy atom. The van der Waals surface area contributed by atoms with Gasteiger partial charge in [0.25, 0.3) is 0 Å². The van der Waals surface area contributed by atoms with Crippen LogP contribution < -0.4 is 14.2 Å². The van der Waals surface area contributed by atoms with Crippen LogP contribution in [0.4, 0.5) is 4.39 Å². The Kier molecular flexibility index (Phi) is 4.24. The van der Waals surface area contributed by atoms with Gasteiger partial charge in [0, 0.05) is 17.5 Å². The first-order chi connectivity index (χ1) is 9.60. The second-order valence-corrected chi connectivity index (χ2v) is 4.78. The van der Waals surface area contributed by atoms with Gasteiger partial charge >= 0.3 is 0 Å². The summed E-state index contributed by atoms with van der Waals surface area (Å²) in [5.41, 5.74) is -0.0628. The number of ether oxygens (including phenoxy) is 3. The molecule has 1 aromatic heterocycles. The van der Waals surface area contributed by atoms with Gasteiger partial charge in [0.2, 0.25) is 5.78 Å². The summed E-state index contributed by atoms with van der Waals surface area (Å²) >= 11 is 1.20. The summed E-state index contributed by atoms with van der Waals surface area (Å²) in [6, 6.07) is 4.04. The molecular weight excluding hydrogens is 283 g/mol. The molecule has 0 atom stereocenters. The molecule has 0 N–H and O–H groups in total. The van der Waals surface area contributed by atoms with Gasteiger partial charge in [-0.2, -0.15) is 0 Å². The standard InChI is InChI=1S/C14H13FO4S/c1-17-8-4-13(20-7-8)14(16)9-5-11(18-2)12(19-3)6-10(9)15/h4-7H,1-3H3. The molecule has 0 radical (unpaired) electrons. The van der Waals surface area contributed by atoms with Gasteiger partial charge in [0.1, 0.15) is 11.6 Å². The molecule has 0 aliphatic heterocycles. The SMILES string of the molecule is COc1csc(C(=O)c2cc(OC)c(OC)cc2F)c1. The van der Waals surface area contributed by atoms with E-state index in [0.717, 1.165) is 6.07 Å². The van der Waals surface area contributed by atoms with Crippen molar-refractivity contribution in [2.75, 3.05) is 21.3 Å². The highest BCUT2D eigenvalue weighted by molar-refractivity contribution is 7.12. The van der Waals surface area contributed by atoms with E-state index in [1.165, 1.54) is 38.7 Å². The first-order valence-electron chi connectivity index (χ1n) is 5.69. The van der Waals surface area contributed by atoms with Crippen LogP contribution in [0.3, 0.4) is 0 Å². The molecule has 4 nitrogen and oxygen atoms in total. The summed E-state index contributed by atoms with van der Waals surface area (Å²) < 4.78 is 29.1. The maximum absolute atomic E-state index is 14.0. The molecular formula is C14H13FO4S. The summed E-state index contributed by atoms with van der Waals surface area (Å²) in [5.74, 6) is 0.0436. The lowest BCUT2D eigenvalue weighted by molar-refractivity contribution is 0.103. The summed E-state index contributed by atoms with van der Waals surface area (Å²) in [4.78, 5) is 12.7. The van der Waals surface area contributed by atoms with Gasteiger partial charge in [0.15, 0.2) is 11.5 Å². The van der Waals surface area contributed by atoms with Gasteiger partial charge in [-0.3, -0.25) is 4.79 Å². The van der Waals surface area contributed by atoms with Crippen LogP contribution in [0, 0.1) is 5.82 Å². The molecule has 2 rings (SSSR count). The highest BCUT2D eigenvalue weighted by atomic mass is 32.1. The second-order valence-electron chi connectivity index (χ2n) is 3.87. The van der Waals surface area contributed by atoms with Crippen molar-refractivity contribution in [3.8, 4) is 17.2 Å². The number of hydrogen-bond acceptors (Lipinski definition) is 5. The maximum Gasteiger partial charge on any atom is 0.206 e. The summed E-state index contributed by atoms with van der Waals surface area (Å²) in [5, 5.41) is 1.69. The Bertz CT molecular complexity index is 636. The molecule has 0 fully saturated rings. The number of methoxy groups -OCH3 is 3. The molecule has 0 aliphatic rings. The van der Waals surface area contributed by atoms with E-state index in [9.17, 15) is 9.18 Å². The van der Waals surface area contributed by atoms with Crippen LogP contribution >= 0.6 is 11.3 Å². The number of hydrogen-bond donors (Lipinski definition) is 0. The maximum atomic E-state index is 14.0. The Labute approximate surface area is 119 Å². The average Bonchev–Trinajstić information content (AvgIpc) is 2.95. The lowest BCUT2D eigenvalue weighted by Gasteiger charge is -2.09.